The number of amidine groups is 1. The zero-order valence-corrected chi connectivity index (χ0v) is 22.0. The Labute approximate surface area is 210 Å². The second-order valence-electron chi connectivity index (χ2n) is 9.39. The van der Waals surface area contributed by atoms with Crippen LogP contribution in [0.2, 0.25) is 10.0 Å². The lowest BCUT2D eigenvalue weighted by molar-refractivity contribution is -0.115. The van der Waals surface area contributed by atoms with Crippen molar-refractivity contribution in [3.63, 3.8) is 0 Å². The van der Waals surface area contributed by atoms with Crippen LogP contribution in [-0.2, 0) is 4.79 Å². The van der Waals surface area contributed by atoms with Gasteiger partial charge < -0.3 is 10.2 Å². The number of nitrogens with zero attached hydrogens (tertiary/aromatic N) is 2. The maximum Gasteiger partial charge on any atom is 0.264 e. The molecule has 1 atom stereocenters. The lowest BCUT2D eigenvalue weighted by atomic mass is 9.79. The van der Waals surface area contributed by atoms with Crippen LogP contribution in [0.3, 0.4) is 0 Å². The monoisotopic (exact) mass is 501 g/mol. The molecule has 1 amide bonds. The van der Waals surface area contributed by atoms with Gasteiger partial charge in [0.05, 0.1) is 20.6 Å². The van der Waals surface area contributed by atoms with Crippen LogP contribution in [0.1, 0.15) is 63.1 Å². The van der Waals surface area contributed by atoms with Crippen molar-refractivity contribution in [2.24, 2.45) is 4.99 Å². The number of benzene rings is 2. The van der Waals surface area contributed by atoms with Crippen molar-refractivity contribution in [3.05, 3.63) is 62.0 Å². The topological polar surface area (TPSA) is 44.7 Å². The average molecular weight is 503 g/mol. The lowest BCUT2D eigenvalue weighted by Gasteiger charge is -2.48. The largest absolute Gasteiger partial charge is 0.366 e. The van der Waals surface area contributed by atoms with Crippen LogP contribution in [0.25, 0.3) is 6.08 Å². The summed E-state index contributed by atoms with van der Waals surface area (Å²) in [5.41, 5.74) is 5.55. The molecule has 4 rings (SSSR count). The summed E-state index contributed by atoms with van der Waals surface area (Å²) in [6, 6.07) is 9.81. The van der Waals surface area contributed by atoms with Gasteiger partial charge in [-0.15, -0.1) is 0 Å². The molecule has 1 fully saturated rings. The van der Waals surface area contributed by atoms with E-state index in [1.165, 1.54) is 23.0 Å². The molecule has 4 nitrogen and oxygen atoms in total. The fraction of sp³-hybridized carbons (Fsp3) is 0.385. The number of hydrogen-bond donors (Lipinski definition) is 1. The number of aliphatic imine (C=N–C) groups is 1. The zero-order chi connectivity index (χ0) is 23.9. The summed E-state index contributed by atoms with van der Waals surface area (Å²) in [4.78, 5) is 20.3. The first kappa shape index (κ1) is 24.2. The molecule has 0 bridgehead atoms. The fourth-order valence-electron chi connectivity index (χ4n) is 4.76. The highest BCUT2D eigenvalue weighted by atomic mass is 35.5. The van der Waals surface area contributed by atoms with Gasteiger partial charge in [0.15, 0.2) is 5.17 Å². The summed E-state index contributed by atoms with van der Waals surface area (Å²) in [5, 5.41) is 4.14. The smallest absolute Gasteiger partial charge is 0.264 e. The third-order valence-electron chi connectivity index (χ3n) is 6.31. The number of thioether (sulfide) groups is 1. The molecule has 0 aromatic heterocycles. The van der Waals surface area contributed by atoms with E-state index >= 15 is 0 Å². The quantitative estimate of drug-likeness (QED) is 0.436. The molecule has 2 aromatic rings. The van der Waals surface area contributed by atoms with Crippen molar-refractivity contribution in [1.82, 2.24) is 5.32 Å². The molecular formula is C26H29Cl2N3OS. The minimum Gasteiger partial charge on any atom is -0.366 e. The minimum atomic E-state index is -0.157. The third-order valence-corrected chi connectivity index (χ3v) is 8.03. The van der Waals surface area contributed by atoms with E-state index in [-0.39, 0.29) is 11.4 Å². The number of aryl methyl sites for hydroxylation is 1. The van der Waals surface area contributed by atoms with Gasteiger partial charge in [-0.3, -0.25) is 4.79 Å². The third kappa shape index (κ3) is 4.82. The van der Waals surface area contributed by atoms with Gasteiger partial charge in [-0.2, -0.15) is 0 Å². The van der Waals surface area contributed by atoms with Crippen LogP contribution >= 0.6 is 35.0 Å². The highest BCUT2D eigenvalue weighted by molar-refractivity contribution is 8.18. The molecule has 1 unspecified atom stereocenters. The molecule has 0 spiro atoms. The molecular weight excluding hydrogens is 473 g/mol. The van der Waals surface area contributed by atoms with E-state index in [2.05, 4.69) is 62.0 Å². The molecule has 2 aliphatic heterocycles. The molecule has 0 radical (unpaired) electrons. The summed E-state index contributed by atoms with van der Waals surface area (Å²) in [6.45, 7) is 12.3. The van der Waals surface area contributed by atoms with Gasteiger partial charge in [-0.1, -0.05) is 43.1 Å². The molecule has 33 heavy (non-hydrogen) atoms. The SMILES string of the molecule is CCCN1c2cc(C)c(/C=C3/SC(=Nc4cccc(Cl)c4Cl)NC3=O)cc2C(C)CC1(C)C. The molecule has 1 saturated heterocycles. The molecule has 0 saturated carbocycles. The minimum absolute atomic E-state index is 0.128. The van der Waals surface area contributed by atoms with Crippen LogP contribution in [-0.4, -0.2) is 23.2 Å². The maximum absolute atomic E-state index is 12.7. The van der Waals surface area contributed by atoms with Gasteiger partial charge in [0.25, 0.3) is 5.91 Å². The van der Waals surface area contributed by atoms with Crippen molar-refractivity contribution in [3.8, 4) is 0 Å². The van der Waals surface area contributed by atoms with Gasteiger partial charge in [0, 0.05) is 17.8 Å². The molecule has 1 N–H and O–H groups in total. The second kappa shape index (κ2) is 9.36. The predicted molar refractivity (Wildman–Crippen MR) is 143 cm³/mol. The number of carbonyl (C=O) groups is 1. The van der Waals surface area contributed by atoms with Gasteiger partial charge in [0.1, 0.15) is 0 Å². The Morgan fingerprint density at radius 3 is 2.79 bits per heavy atom. The maximum atomic E-state index is 12.7. The van der Waals surface area contributed by atoms with E-state index in [0.717, 1.165) is 30.5 Å². The van der Waals surface area contributed by atoms with Crippen LogP contribution in [0, 0.1) is 6.92 Å². The molecule has 2 heterocycles. The number of rotatable bonds is 4. The Bertz CT molecular complexity index is 1170. The van der Waals surface area contributed by atoms with Crippen LogP contribution < -0.4 is 10.2 Å². The van der Waals surface area contributed by atoms with E-state index in [4.69, 9.17) is 23.2 Å². The fourth-order valence-corrected chi connectivity index (χ4v) is 5.93. The van der Waals surface area contributed by atoms with E-state index in [1.54, 1.807) is 18.2 Å². The van der Waals surface area contributed by atoms with Gasteiger partial charge >= 0.3 is 0 Å². The highest BCUT2D eigenvalue weighted by Gasteiger charge is 2.36. The number of nitrogens with one attached hydrogen (secondary N) is 1. The highest BCUT2D eigenvalue weighted by Crippen LogP contribution is 2.45. The first-order chi connectivity index (χ1) is 15.6. The predicted octanol–water partition coefficient (Wildman–Crippen LogP) is 7.70. The number of hydrogen-bond acceptors (Lipinski definition) is 4. The van der Waals surface area contributed by atoms with Crippen molar-refractivity contribution >= 4 is 63.5 Å². The summed E-state index contributed by atoms with van der Waals surface area (Å²) in [7, 11) is 0. The van der Waals surface area contributed by atoms with E-state index < -0.39 is 0 Å². The van der Waals surface area contributed by atoms with Crippen LogP contribution in [0.5, 0.6) is 0 Å². The Morgan fingerprint density at radius 2 is 2.06 bits per heavy atom. The first-order valence-electron chi connectivity index (χ1n) is 11.3. The number of amides is 1. The number of anilines is 1. The second-order valence-corrected chi connectivity index (χ2v) is 11.2. The van der Waals surface area contributed by atoms with Crippen molar-refractivity contribution in [1.29, 1.82) is 0 Å². The van der Waals surface area contributed by atoms with Gasteiger partial charge in [-0.05, 0) is 98.3 Å². The standard InChI is InChI=1S/C26H29Cl2N3OS/c1-6-10-31-21-11-15(2)17(12-18(21)16(3)14-26(31,4)5)13-22-24(32)30-25(33-22)29-20-9-7-8-19(27)23(20)28/h7-9,11-13,16H,6,10,14H2,1-5H3,(H,29,30,32)/b22-13+. The molecule has 2 aromatic carbocycles. The Balaban J connectivity index is 1.67. The number of fused-ring (bicyclic) bond motifs is 1. The van der Waals surface area contributed by atoms with Crippen molar-refractivity contribution < 1.29 is 4.79 Å². The first-order valence-corrected chi connectivity index (χ1v) is 12.8. The molecule has 7 heteroatoms. The van der Waals surface area contributed by atoms with Gasteiger partial charge in [-0.25, -0.2) is 4.99 Å². The normalized spacial score (nSPS) is 22.1. The van der Waals surface area contributed by atoms with E-state index in [0.29, 0.717) is 31.7 Å². The molecule has 174 valence electrons. The summed E-state index contributed by atoms with van der Waals surface area (Å²) in [5.74, 6) is 0.295. The van der Waals surface area contributed by atoms with Crippen LogP contribution in [0.15, 0.2) is 40.2 Å². The van der Waals surface area contributed by atoms with Crippen LogP contribution in [0.4, 0.5) is 11.4 Å². The summed E-state index contributed by atoms with van der Waals surface area (Å²) in [6.07, 6.45) is 4.18. The Kier molecular flexibility index (Phi) is 6.86. The van der Waals surface area contributed by atoms with Gasteiger partial charge in [0.2, 0.25) is 0 Å². The van der Waals surface area contributed by atoms with E-state index in [1.807, 2.05) is 6.08 Å². The van der Waals surface area contributed by atoms with Crippen molar-refractivity contribution in [2.45, 2.75) is 58.9 Å². The molecule has 0 aliphatic carbocycles. The number of carbonyl (C=O) groups excluding carboxylic acids is 1. The Hall–Kier alpha value is -1.95. The average Bonchev–Trinajstić information content (AvgIpc) is 3.08. The van der Waals surface area contributed by atoms with E-state index in [9.17, 15) is 4.79 Å². The molecule has 2 aliphatic rings. The lowest BCUT2D eigenvalue weighted by Crippen LogP contribution is -2.48. The zero-order valence-electron chi connectivity index (χ0n) is 19.6. The number of halogens is 2. The summed E-state index contributed by atoms with van der Waals surface area (Å²) < 4.78 is 0. The van der Waals surface area contributed by atoms with Crippen molar-refractivity contribution in [2.75, 3.05) is 11.4 Å². The Morgan fingerprint density at radius 1 is 1.30 bits per heavy atom. The summed E-state index contributed by atoms with van der Waals surface area (Å²) >= 11 is 13.7.